The number of halogens is 3. The second-order valence-corrected chi connectivity index (χ2v) is 4.07. The molecule has 0 heterocycles. The Morgan fingerprint density at radius 3 is 2.70 bits per heavy atom. The number of carbonyl (C=O) groups is 1. The van der Waals surface area contributed by atoms with Crippen molar-refractivity contribution in [3.05, 3.63) is 42.5 Å². The van der Waals surface area contributed by atoms with Gasteiger partial charge in [0.25, 0.3) is 5.91 Å². The number of allylic oxidation sites excluding steroid dienone is 1. The molecule has 20 heavy (non-hydrogen) atoms. The van der Waals surface area contributed by atoms with E-state index in [1.54, 1.807) is 24.3 Å². The van der Waals surface area contributed by atoms with Gasteiger partial charge in [-0.25, -0.2) is 0 Å². The third-order valence-electron chi connectivity index (χ3n) is 2.39. The number of nitrogens with one attached hydrogen (secondary N) is 1. The zero-order chi connectivity index (χ0) is 15.0. The largest absolute Gasteiger partial charge is 0.493 e. The van der Waals surface area contributed by atoms with E-state index in [1.807, 2.05) is 5.32 Å². The molecule has 0 saturated carbocycles. The van der Waals surface area contributed by atoms with Crippen molar-refractivity contribution in [3.8, 4) is 5.75 Å². The van der Waals surface area contributed by atoms with Crippen molar-refractivity contribution >= 4 is 5.91 Å². The van der Waals surface area contributed by atoms with Crippen LogP contribution in [0.1, 0.15) is 23.2 Å². The van der Waals surface area contributed by atoms with Gasteiger partial charge in [0.2, 0.25) is 0 Å². The molecule has 6 heteroatoms. The maximum Gasteiger partial charge on any atom is 0.405 e. The van der Waals surface area contributed by atoms with Gasteiger partial charge >= 0.3 is 6.18 Å². The Balaban J connectivity index is 2.64. The number of hydrogen-bond donors (Lipinski definition) is 1. The van der Waals surface area contributed by atoms with Crippen LogP contribution in [0.2, 0.25) is 0 Å². The Kier molecular flexibility index (Phi) is 6.09. The molecule has 1 aromatic carbocycles. The van der Waals surface area contributed by atoms with Gasteiger partial charge in [-0.15, -0.1) is 6.58 Å². The number of rotatable bonds is 7. The Morgan fingerprint density at radius 1 is 1.35 bits per heavy atom. The number of carbonyl (C=O) groups excluding carboxylic acids is 1. The zero-order valence-electron chi connectivity index (χ0n) is 10.9. The Morgan fingerprint density at radius 2 is 2.05 bits per heavy atom. The number of unbranched alkanes of at least 4 members (excludes halogenated alkanes) is 1. The monoisotopic (exact) mass is 287 g/mol. The topological polar surface area (TPSA) is 38.3 Å². The minimum atomic E-state index is -4.44. The molecule has 1 rings (SSSR count). The molecular formula is C14H16F3NO2. The van der Waals surface area contributed by atoms with Gasteiger partial charge in [-0.1, -0.05) is 18.2 Å². The SMILES string of the molecule is C=CCCCOc1ccccc1C(=O)NCC(F)(F)F. The molecule has 110 valence electrons. The van der Waals surface area contributed by atoms with Crippen LogP contribution in [0.25, 0.3) is 0 Å². The first-order valence-corrected chi connectivity index (χ1v) is 6.11. The quantitative estimate of drug-likeness (QED) is 0.617. The van der Waals surface area contributed by atoms with E-state index in [0.29, 0.717) is 6.61 Å². The first-order valence-electron chi connectivity index (χ1n) is 6.11. The van der Waals surface area contributed by atoms with E-state index in [4.69, 9.17) is 4.74 Å². The number of hydrogen-bond acceptors (Lipinski definition) is 2. The minimum absolute atomic E-state index is 0.0929. The van der Waals surface area contributed by atoms with Crippen LogP contribution in [0.5, 0.6) is 5.75 Å². The first-order chi connectivity index (χ1) is 9.44. The fourth-order valence-corrected chi connectivity index (χ4v) is 1.47. The van der Waals surface area contributed by atoms with E-state index in [0.717, 1.165) is 12.8 Å². The highest BCUT2D eigenvalue weighted by Gasteiger charge is 2.28. The van der Waals surface area contributed by atoms with Crippen LogP contribution in [0.4, 0.5) is 13.2 Å². The van der Waals surface area contributed by atoms with Crippen LogP contribution in [-0.2, 0) is 0 Å². The number of amides is 1. The first kappa shape index (κ1) is 16.1. The standard InChI is InChI=1S/C14H16F3NO2/c1-2-3-6-9-20-12-8-5-4-7-11(12)13(19)18-10-14(15,16)17/h2,4-5,7-8H,1,3,6,9-10H2,(H,18,19). The van der Waals surface area contributed by atoms with E-state index in [9.17, 15) is 18.0 Å². The molecule has 0 fully saturated rings. The molecule has 0 aliphatic rings. The molecule has 0 bridgehead atoms. The number of benzene rings is 1. The Bertz CT molecular complexity index is 458. The molecular weight excluding hydrogens is 271 g/mol. The molecule has 1 N–H and O–H groups in total. The highest BCUT2D eigenvalue weighted by molar-refractivity contribution is 5.96. The zero-order valence-corrected chi connectivity index (χ0v) is 10.9. The lowest BCUT2D eigenvalue weighted by molar-refractivity contribution is -0.123. The van der Waals surface area contributed by atoms with Crippen LogP contribution in [0.3, 0.4) is 0 Å². The van der Waals surface area contributed by atoms with E-state index in [2.05, 4.69) is 6.58 Å². The molecule has 3 nitrogen and oxygen atoms in total. The maximum atomic E-state index is 12.1. The van der Waals surface area contributed by atoms with E-state index < -0.39 is 18.6 Å². The summed E-state index contributed by atoms with van der Waals surface area (Å²) in [5.74, 6) is -0.530. The van der Waals surface area contributed by atoms with Gasteiger partial charge in [0.05, 0.1) is 12.2 Å². The van der Waals surface area contributed by atoms with E-state index >= 15 is 0 Å². The highest BCUT2D eigenvalue weighted by atomic mass is 19.4. The summed E-state index contributed by atoms with van der Waals surface area (Å²) in [4.78, 5) is 11.7. The second kappa shape index (κ2) is 7.57. The highest BCUT2D eigenvalue weighted by Crippen LogP contribution is 2.19. The summed E-state index contributed by atoms with van der Waals surface area (Å²) in [6.45, 7) is 2.58. The minimum Gasteiger partial charge on any atom is -0.493 e. The second-order valence-electron chi connectivity index (χ2n) is 4.07. The third kappa shape index (κ3) is 5.77. The van der Waals surface area contributed by atoms with E-state index in [-0.39, 0.29) is 11.3 Å². The molecule has 0 saturated heterocycles. The normalized spacial score (nSPS) is 10.9. The van der Waals surface area contributed by atoms with Gasteiger partial charge in [0.15, 0.2) is 0 Å². The van der Waals surface area contributed by atoms with Gasteiger partial charge in [-0.05, 0) is 25.0 Å². The van der Waals surface area contributed by atoms with Crippen molar-refractivity contribution in [2.75, 3.05) is 13.2 Å². The lowest BCUT2D eigenvalue weighted by atomic mass is 10.2. The van der Waals surface area contributed by atoms with Crippen molar-refractivity contribution in [1.82, 2.24) is 5.32 Å². The molecule has 1 amide bonds. The van der Waals surface area contributed by atoms with Crippen molar-refractivity contribution in [2.24, 2.45) is 0 Å². The summed E-state index contributed by atoms with van der Waals surface area (Å²) < 4.78 is 41.6. The molecule has 0 spiro atoms. The molecule has 0 atom stereocenters. The number of ether oxygens (including phenoxy) is 1. The fourth-order valence-electron chi connectivity index (χ4n) is 1.47. The average Bonchev–Trinajstić information content (AvgIpc) is 2.40. The lowest BCUT2D eigenvalue weighted by Gasteiger charge is -2.12. The maximum absolute atomic E-state index is 12.1. The van der Waals surface area contributed by atoms with Gasteiger partial charge in [0, 0.05) is 0 Å². The Hall–Kier alpha value is -1.98. The summed E-state index contributed by atoms with van der Waals surface area (Å²) in [6, 6.07) is 6.20. The summed E-state index contributed by atoms with van der Waals surface area (Å²) in [7, 11) is 0. The van der Waals surface area contributed by atoms with Crippen LogP contribution < -0.4 is 10.1 Å². The fraction of sp³-hybridized carbons (Fsp3) is 0.357. The van der Waals surface area contributed by atoms with Crippen molar-refractivity contribution < 1.29 is 22.7 Å². The van der Waals surface area contributed by atoms with Gasteiger partial charge in [0.1, 0.15) is 12.3 Å². The van der Waals surface area contributed by atoms with Crippen LogP contribution in [0.15, 0.2) is 36.9 Å². The average molecular weight is 287 g/mol. The number of para-hydroxylation sites is 1. The molecule has 0 aromatic heterocycles. The van der Waals surface area contributed by atoms with Crippen LogP contribution in [-0.4, -0.2) is 25.2 Å². The number of alkyl halides is 3. The smallest absolute Gasteiger partial charge is 0.405 e. The Labute approximate surface area is 115 Å². The van der Waals surface area contributed by atoms with Gasteiger partial charge in [-0.2, -0.15) is 13.2 Å². The third-order valence-corrected chi connectivity index (χ3v) is 2.39. The van der Waals surface area contributed by atoms with Gasteiger partial charge < -0.3 is 10.1 Å². The predicted molar refractivity (Wildman–Crippen MR) is 69.8 cm³/mol. The molecule has 0 unspecified atom stereocenters. The van der Waals surface area contributed by atoms with Crippen LogP contribution in [0, 0.1) is 0 Å². The van der Waals surface area contributed by atoms with Crippen molar-refractivity contribution in [2.45, 2.75) is 19.0 Å². The lowest BCUT2D eigenvalue weighted by Crippen LogP contribution is -2.33. The summed E-state index contributed by atoms with van der Waals surface area (Å²) in [5, 5.41) is 1.82. The van der Waals surface area contributed by atoms with Crippen molar-refractivity contribution in [1.29, 1.82) is 0 Å². The predicted octanol–water partition coefficient (Wildman–Crippen LogP) is 3.32. The molecule has 1 aromatic rings. The molecule has 0 aliphatic carbocycles. The van der Waals surface area contributed by atoms with Gasteiger partial charge in [-0.3, -0.25) is 4.79 Å². The molecule has 0 radical (unpaired) electrons. The summed E-state index contributed by atoms with van der Waals surface area (Å²) >= 11 is 0. The summed E-state index contributed by atoms with van der Waals surface area (Å²) in [6.07, 6.45) is -1.20. The summed E-state index contributed by atoms with van der Waals surface area (Å²) in [5.41, 5.74) is 0.0929. The molecule has 0 aliphatic heterocycles. The van der Waals surface area contributed by atoms with Crippen LogP contribution >= 0.6 is 0 Å². The van der Waals surface area contributed by atoms with Crippen molar-refractivity contribution in [3.63, 3.8) is 0 Å². The van der Waals surface area contributed by atoms with E-state index in [1.165, 1.54) is 6.07 Å².